The lowest BCUT2D eigenvalue weighted by Crippen LogP contribution is -2.41. The predicted molar refractivity (Wildman–Crippen MR) is 102 cm³/mol. The van der Waals surface area contributed by atoms with E-state index in [0.29, 0.717) is 17.0 Å². The Bertz CT molecular complexity index is 793. The van der Waals surface area contributed by atoms with Crippen molar-refractivity contribution in [3.8, 4) is 0 Å². The third kappa shape index (κ3) is 4.62. The van der Waals surface area contributed by atoms with Gasteiger partial charge in [0.15, 0.2) is 4.67 Å². The van der Waals surface area contributed by atoms with E-state index in [2.05, 4.69) is 20.9 Å². The van der Waals surface area contributed by atoms with E-state index in [1.807, 2.05) is 51.8 Å². The van der Waals surface area contributed by atoms with Crippen LogP contribution in [0.2, 0.25) is 0 Å². The Morgan fingerprint density at radius 2 is 1.76 bits per heavy atom. The van der Waals surface area contributed by atoms with Gasteiger partial charge in [-0.1, -0.05) is 0 Å². The van der Waals surface area contributed by atoms with Gasteiger partial charge in [-0.15, -0.1) is 0 Å². The Balaban J connectivity index is 2.21. The summed E-state index contributed by atoms with van der Waals surface area (Å²) in [6.45, 7) is 8.02. The lowest BCUT2D eigenvalue weighted by molar-refractivity contribution is 0.302. The average molecular weight is 430 g/mol. The molecule has 0 unspecified atom stereocenters. The summed E-state index contributed by atoms with van der Waals surface area (Å²) in [5, 5.41) is 0. The quantitative estimate of drug-likeness (QED) is 0.667. The molecule has 0 spiro atoms. The maximum Gasteiger partial charge on any atom is 0.245 e. The highest BCUT2D eigenvalue weighted by Crippen LogP contribution is 2.23. The van der Waals surface area contributed by atoms with Crippen LogP contribution in [0, 0.1) is 0 Å². The monoisotopic (exact) mass is 429 g/mol. The second kappa shape index (κ2) is 7.88. The fourth-order valence-corrected chi connectivity index (χ4v) is 4.90. The number of hydrogen-bond donors (Lipinski definition) is 0. The van der Waals surface area contributed by atoms with Gasteiger partial charge in [0, 0.05) is 25.3 Å². The number of sulfonamides is 1. The highest BCUT2D eigenvalue weighted by Gasteiger charge is 2.29. The number of nitrogens with zero attached hydrogens (tertiary/aromatic N) is 3. The van der Waals surface area contributed by atoms with Crippen LogP contribution in [0.4, 0.5) is 5.82 Å². The molecule has 8 heteroatoms. The van der Waals surface area contributed by atoms with Crippen molar-refractivity contribution in [1.82, 2.24) is 9.29 Å². The van der Waals surface area contributed by atoms with Crippen LogP contribution in [0.3, 0.4) is 0 Å². The van der Waals surface area contributed by atoms with Gasteiger partial charge in [-0.3, -0.25) is 0 Å². The molecular formula is C17H24BrN3O3S. The van der Waals surface area contributed by atoms with Crippen molar-refractivity contribution in [3.05, 3.63) is 40.9 Å². The molecule has 0 saturated carbocycles. The molecule has 0 aromatic carbocycles. The van der Waals surface area contributed by atoms with Crippen molar-refractivity contribution in [2.75, 3.05) is 11.9 Å². The normalized spacial score (nSPS) is 12.4. The SMILES string of the molecule is CC(C)N(C(C)C)S(=O)(=O)c1ccc(N(C)Cc2ccc(Br)o2)nc1. The minimum atomic E-state index is -3.57. The fourth-order valence-electron chi connectivity index (χ4n) is 2.78. The Labute approximate surface area is 158 Å². The van der Waals surface area contributed by atoms with Gasteiger partial charge >= 0.3 is 0 Å². The van der Waals surface area contributed by atoms with E-state index >= 15 is 0 Å². The van der Waals surface area contributed by atoms with Crippen molar-refractivity contribution in [1.29, 1.82) is 0 Å². The van der Waals surface area contributed by atoms with Gasteiger partial charge in [0.1, 0.15) is 16.5 Å². The summed E-state index contributed by atoms with van der Waals surface area (Å²) >= 11 is 3.27. The average Bonchev–Trinajstić information content (AvgIpc) is 2.91. The van der Waals surface area contributed by atoms with Crippen LogP contribution in [0.25, 0.3) is 0 Å². The van der Waals surface area contributed by atoms with Crippen LogP contribution >= 0.6 is 15.9 Å². The van der Waals surface area contributed by atoms with Crippen molar-refractivity contribution >= 4 is 31.8 Å². The maximum atomic E-state index is 12.8. The number of rotatable bonds is 7. The number of anilines is 1. The smallest absolute Gasteiger partial charge is 0.245 e. The topological polar surface area (TPSA) is 66.7 Å². The van der Waals surface area contributed by atoms with Crippen LogP contribution in [-0.4, -0.2) is 36.8 Å². The molecule has 0 fully saturated rings. The molecule has 25 heavy (non-hydrogen) atoms. The summed E-state index contributed by atoms with van der Waals surface area (Å²) in [7, 11) is -1.69. The number of halogens is 1. The lowest BCUT2D eigenvalue weighted by atomic mass is 10.3. The molecule has 0 aliphatic carbocycles. The number of hydrogen-bond acceptors (Lipinski definition) is 5. The van der Waals surface area contributed by atoms with Crippen molar-refractivity contribution in [3.63, 3.8) is 0 Å². The minimum Gasteiger partial charge on any atom is -0.452 e. The highest BCUT2D eigenvalue weighted by atomic mass is 79.9. The van der Waals surface area contributed by atoms with E-state index in [4.69, 9.17) is 4.42 Å². The molecule has 0 amide bonds. The first-order valence-electron chi connectivity index (χ1n) is 8.08. The second-order valence-corrected chi connectivity index (χ2v) is 9.06. The van der Waals surface area contributed by atoms with E-state index in [-0.39, 0.29) is 17.0 Å². The zero-order chi connectivity index (χ0) is 18.8. The zero-order valence-electron chi connectivity index (χ0n) is 15.1. The molecule has 0 aliphatic heterocycles. The third-order valence-electron chi connectivity index (χ3n) is 3.73. The molecule has 0 saturated heterocycles. The van der Waals surface area contributed by atoms with E-state index in [0.717, 1.165) is 5.76 Å². The van der Waals surface area contributed by atoms with Crippen LogP contribution in [0.15, 0.2) is 44.4 Å². The summed E-state index contributed by atoms with van der Waals surface area (Å²) in [4.78, 5) is 6.41. The summed E-state index contributed by atoms with van der Waals surface area (Å²) in [6, 6.07) is 6.78. The van der Waals surface area contributed by atoms with Gasteiger partial charge < -0.3 is 9.32 Å². The first kappa shape index (κ1) is 19.9. The Hall–Kier alpha value is -1.38. The van der Waals surface area contributed by atoms with Gasteiger partial charge in [0.25, 0.3) is 0 Å². The van der Waals surface area contributed by atoms with E-state index < -0.39 is 10.0 Å². The summed E-state index contributed by atoms with van der Waals surface area (Å²) in [6.07, 6.45) is 1.41. The fraction of sp³-hybridized carbons (Fsp3) is 0.471. The molecule has 0 aliphatic rings. The van der Waals surface area contributed by atoms with Gasteiger partial charge in [-0.05, 0) is 67.9 Å². The Morgan fingerprint density at radius 1 is 1.12 bits per heavy atom. The predicted octanol–water partition coefficient (Wildman–Crippen LogP) is 3.88. The lowest BCUT2D eigenvalue weighted by Gasteiger charge is -2.29. The van der Waals surface area contributed by atoms with Crippen LogP contribution < -0.4 is 4.90 Å². The first-order valence-corrected chi connectivity index (χ1v) is 10.3. The van der Waals surface area contributed by atoms with Crippen molar-refractivity contribution in [2.45, 2.75) is 51.2 Å². The zero-order valence-corrected chi connectivity index (χ0v) is 17.5. The molecule has 0 atom stereocenters. The number of pyridine rings is 1. The number of furan rings is 1. The molecular weight excluding hydrogens is 406 g/mol. The Morgan fingerprint density at radius 3 is 2.20 bits per heavy atom. The Kier molecular flexibility index (Phi) is 6.29. The van der Waals surface area contributed by atoms with Gasteiger partial charge in [-0.25, -0.2) is 13.4 Å². The molecule has 2 aromatic heterocycles. The van der Waals surface area contributed by atoms with E-state index in [1.54, 1.807) is 12.1 Å². The van der Waals surface area contributed by atoms with Crippen LogP contribution in [0.1, 0.15) is 33.5 Å². The molecule has 6 nitrogen and oxygen atoms in total. The molecule has 0 N–H and O–H groups in total. The molecule has 2 heterocycles. The van der Waals surface area contributed by atoms with E-state index in [9.17, 15) is 8.42 Å². The maximum absolute atomic E-state index is 12.8. The molecule has 0 bridgehead atoms. The van der Waals surface area contributed by atoms with E-state index in [1.165, 1.54) is 10.5 Å². The van der Waals surface area contributed by atoms with Gasteiger partial charge in [0.05, 0.1) is 6.54 Å². The van der Waals surface area contributed by atoms with Crippen molar-refractivity contribution in [2.24, 2.45) is 0 Å². The summed E-state index contributed by atoms with van der Waals surface area (Å²) in [5.74, 6) is 1.46. The number of aromatic nitrogens is 1. The van der Waals surface area contributed by atoms with Crippen LogP contribution in [-0.2, 0) is 16.6 Å². The largest absolute Gasteiger partial charge is 0.452 e. The summed E-state index contributed by atoms with van der Waals surface area (Å²) < 4.78 is 33.3. The first-order chi connectivity index (χ1) is 11.6. The summed E-state index contributed by atoms with van der Waals surface area (Å²) in [5.41, 5.74) is 0. The second-order valence-electron chi connectivity index (χ2n) is 6.44. The highest BCUT2D eigenvalue weighted by molar-refractivity contribution is 9.10. The third-order valence-corrected chi connectivity index (χ3v) is 6.39. The van der Waals surface area contributed by atoms with Crippen LogP contribution in [0.5, 0.6) is 0 Å². The molecule has 138 valence electrons. The molecule has 2 rings (SSSR count). The molecule has 0 radical (unpaired) electrons. The molecule has 2 aromatic rings. The standard InChI is InChI=1S/C17H24BrN3O3S/c1-12(2)21(13(3)4)25(22,23)15-7-9-17(19-10-15)20(5)11-14-6-8-16(18)24-14/h6-10,12-13H,11H2,1-5H3. The van der Waals surface area contributed by atoms with Gasteiger partial charge in [-0.2, -0.15) is 4.31 Å². The van der Waals surface area contributed by atoms with Gasteiger partial charge in [0.2, 0.25) is 10.0 Å². The minimum absolute atomic E-state index is 0.121. The van der Waals surface area contributed by atoms with Crippen molar-refractivity contribution < 1.29 is 12.8 Å².